The molecule has 7 heteroatoms. The fourth-order valence-corrected chi connectivity index (χ4v) is 4.31. The number of imide groups is 1. The normalized spacial score (nSPS) is 25.3. The molecule has 146 valence electrons. The summed E-state index contributed by atoms with van der Waals surface area (Å²) in [6.07, 6.45) is 3.10. The van der Waals surface area contributed by atoms with Gasteiger partial charge in [-0.1, -0.05) is 17.7 Å². The van der Waals surface area contributed by atoms with Gasteiger partial charge >= 0.3 is 0 Å². The van der Waals surface area contributed by atoms with Crippen molar-refractivity contribution in [2.24, 2.45) is 0 Å². The van der Waals surface area contributed by atoms with Crippen LogP contribution in [0.2, 0.25) is 5.02 Å². The highest BCUT2D eigenvalue weighted by Gasteiger charge is 2.46. The van der Waals surface area contributed by atoms with Crippen LogP contribution in [0.15, 0.2) is 48.7 Å². The van der Waals surface area contributed by atoms with Crippen molar-refractivity contribution in [3.63, 3.8) is 0 Å². The first-order valence-corrected chi connectivity index (χ1v) is 10.2. The molecule has 28 heavy (non-hydrogen) atoms. The van der Waals surface area contributed by atoms with Gasteiger partial charge in [0.25, 0.3) is 5.91 Å². The zero-order valence-electron chi connectivity index (χ0n) is 15.7. The summed E-state index contributed by atoms with van der Waals surface area (Å²) in [4.78, 5) is 33.9. The van der Waals surface area contributed by atoms with E-state index in [9.17, 15) is 9.59 Å². The highest BCUT2D eigenvalue weighted by molar-refractivity contribution is 6.30. The number of carbonyl (C=O) groups excluding carboxylic acids is 2. The Kier molecular flexibility index (Phi) is 5.71. The van der Waals surface area contributed by atoms with Crippen molar-refractivity contribution in [1.29, 1.82) is 0 Å². The van der Waals surface area contributed by atoms with Crippen LogP contribution in [-0.4, -0.2) is 55.6 Å². The number of halogens is 1. The minimum atomic E-state index is -0.263. The fraction of sp³-hybridized carbons (Fsp3) is 0.381. The summed E-state index contributed by atoms with van der Waals surface area (Å²) in [6.45, 7) is 4.91. The predicted octanol–water partition coefficient (Wildman–Crippen LogP) is -0.607. The van der Waals surface area contributed by atoms with E-state index in [2.05, 4.69) is 11.1 Å². The highest BCUT2D eigenvalue weighted by Crippen LogP contribution is 2.23. The minimum absolute atomic E-state index is 0.0840. The van der Waals surface area contributed by atoms with Gasteiger partial charge in [0, 0.05) is 23.3 Å². The number of rotatable bonds is 5. The predicted molar refractivity (Wildman–Crippen MR) is 107 cm³/mol. The Labute approximate surface area is 169 Å². The molecule has 1 atom stereocenters. The van der Waals surface area contributed by atoms with Gasteiger partial charge in [-0.05, 0) is 36.4 Å². The molecule has 6 nitrogen and oxygen atoms in total. The average Bonchev–Trinajstić information content (AvgIpc) is 3.02. The van der Waals surface area contributed by atoms with E-state index < -0.39 is 0 Å². The number of aromatic nitrogens is 1. The molecule has 4 rings (SSSR count). The first kappa shape index (κ1) is 19.1. The maximum Gasteiger partial charge on any atom is 0.292 e. The molecular weight excluding hydrogens is 376 g/mol. The average molecular weight is 401 g/mol. The third kappa shape index (κ3) is 4.09. The lowest BCUT2D eigenvalue weighted by atomic mass is 10.1. The van der Waals surface area contributed by atoms with Crippen LogP contribution in [0.3, 0.4) is 0 Å². The molecule has 0 radical (unpaired) electrons. The van der Waals surface area contributed by atoms with Gasteiger partial charge in [-0.15, -0.1) is 0 Å². The van der Waals surface area contributed by atoms with Crippen LogP contribution in [0, 0.1) is 0 Å². The summed E-state index contributed by atoms with van der Waals surface area (Å²) in [5.41, 5.74) is 1.74. The number of nitrogens with zero attached hydrogens (tertiary/aromatic N) is 2. The Morgan fingerprint density at radius 2 is 1.79 bits per heavy atom. The van der Waals surface area contributed by atoms with Gasteiger partial charge in [-0.25, -0.2) is 4.90 Å². The van der Waals surface area contributed by atoms with E-state index in [1.165, 1.54) is 9.80 Å². The Balaban J connectivity index is 1.32. The zero-order chi connectivity index (χ0) is 19.5. The molecule has 2 aromatic rings. The number of piperazine rings is 1. The molecule has 3 heterocycles. The van der Waals surface area contributed by atoms with E-state index in [1.807, 2.05) is 18.3 Å². The van der Waals surface area contributed by atoms with Gasteiger partial charge in [-0.3, -0.25) is 14.6 Å². The molecule has 2 fully saturated rings. The Hall–Kier alpha value is -2.28. The first-order valence-electron chi connectivity index (χ1n) is 9.82. The lowest BCUT2D eigenvalue weighted by molar-refractivity contribution is -1.02. The van der Waals surface area contributed by atoms with Crippen molar-refractivity contribution >= 4 is 29.1 Å². The number of pyridine rings is 1. The van der Waals surface area contributed by atoms with Crippen molar-refractivity contribution in [2.75, 3.05) is 37.6 Å². The summed E-state index contributed by atoms with van der Waals surface area (Å²) in [5, 5.41) is 0.592. The number of carbonyl (C=O) groups is 2. The van der Waals surface area contributed by atoms with Crippen molar-refractivity contribution in [3.05, 3.63) is 59.4 Å². The molecular formula is C21H25ClN4O2+2. The standard InChI is InChI=1S/C21H23ClN4O2/c22-16-4-6-18(7-5-16)26-20(27)15-19(21(26)28)25-13-11-24(12-14-25)10-8-17-3-1-2-9-23-17/h1-7,9,19H,8,10-15H2/p+2/t19-/m0/s1. The number of anilines is 1. The monoisotopic (exact) mass is 400 g/mol. The molecule has 2 amide bonds. The summed E-state index contributed by atoms with van der Waals surface area (Å²) in [5.74, 6) is -0.200. The number of hydrogen-bond donors (Lipinski definition) is 2. The largest absolute Gasteiger partial charge is 0.325 e. The quantitative estimate of drug-likeness (QED) is 0.659. The van der Waals surface area contributed by atoms with Gasteiger partial charge in [0.1, 0.15) is 26.2 Å². The number of hydrogen-bond acceptors (Lipinski definition) is 3. The zero-order valence-corrected chi connectivity index (χ0v) is 16.5. The van der Waals surface area contributed by atoms with E-state index in [-0.39, 0.29) is 17.9 Å². The second kappa shape index (κ2) is 8.39. The molecule has 1 aromatic heterocycles. The number of amides is 2. The van der Waals surface area contributed by atoms with Crippen LogP contribution in [0.4, 0.5) is 5.69 Å². The van der Waals surface area contributed by atoms with E-state index in [1.54, 1.807) is 29.2 Å². The van der Waals surface area contributed by atoms with Crippen molar-refractivity contribution < 1.29 is 19.4 Å². The third-order valence-electron chi connectivity index (χ3n) is 5.78. The molecule has 1 aromatic carbocycles. The summed E-state index contributed by atoms with van der Waals surface area (Å²) < 4.78 is 0. The molecule has 0 spiro atoms. The van der Waals surface area contributed by atoms with Crippen molar-refractivity contribution in [1.82, 2.24) is 4.98 Å². The van der Waals surface area contributed by atoms with E-state index in [4.69, 9.17) is 11.6 Å². The van der Waals surface area contributed by atoms with Crippen LogP contribution in [0.25, 0.3) is 0 Å². The van der Waals surface area contributed by atoms with Crippen LogP contribution in [0.1, 0.15) is 12.1 Å². The highest BCUT2D eigenvalue weighted by atomic mass is 35.5. The number of benzene rings is 1. The van der Waals surface area contributed by atoms with Gasteiger partial charge in [0.05, 0.1) is 18.7 Å². The topological polar surface area (TPSA) is 59.2 Å². The molecule has 0 unspecified atom stereocenters. The summed E-state index contributed by atoms with van der Waals surface area (Å²) in [7, 11) is 0. The maximum absolute atomic E-state index is 12.9. The molecule has 0 saturated carbocycles. The van der Waals surface area contributed by atoms with Crippen molar-refractivity contribution in [2.45, 2.75) is 18.9 Å². The Morgan fingerprint density at radius 1 is 1.04 bits per heavy atom. The smallest absolute Gasteiger partial charge is 0.292 e. The van der Waals surface area contributed by atoms with Crippen LogP contribution >= 0.6 is 11.6 Å². The van der Waals surface area contributed by atoms with Gasteiger partial charge in [0.15, 0.2) is 6.04 Å². The first-order chi connectivity index (χ1) is 13.6. The van der Waals surface area contributed by atoms with E-state index in [0.717, 1.165) is 44.8 Å². The maximum atomic E-state index is 12.9. The molecule has 0 bridgehead atoms. The summed E-state index contributed by atoms with van der Waals surface area (Å²) >= 11 is 5.92. The summed E-state index contributed by atoms with van der Waals surface area (Å²) in [6, 6.07) is 12.6. The molecule has 2 saturated heterocycles. The molecule has 2 aliphatic rings. The Bertz CT molecular complexity index is 835. The number of quaternary nitrogens is 2. The molecule has 2 aliphatic heterocycles. The molecule has 0 aliphatic carbocycles. The second-order valence-electron chi connectivity index (χ2n) is 7.53. The fourth-order valence-electron chi connectivity index (χ4n) is 4.19. The van der Waals surface area contributed by atoms with E-state index in [0.29, 0.717) is 17.1 Å². The minimum Gasteiger partial charge on any atom is -0.325 e. The van der Waals surface area contributed by atoms with Crippen LogP contribution in [0.5, 0.6) is 0 Å². The third-order valence-corrected chi connectivity index (χ3v) is 6.04. The van der Waals surface area contributed by atoms with Gasteiger partial charge < -0.3 is 9.80 Å². The van der Waals surface area contributed by atoms with Crippen molar-refractivity contribution in [3.8, 4) is 0 Å². The van der Waals surface area contributed by atoms with Crippen LogP contribution < -0.4 is 14.7 Å². The van der Waals surface area contributed by atoms with Gasteiger partial charge in [0.2, 0.25) is 5.91 Å². The van der Waals surface area contributed by atoms with E-state index >= 15 is 0 Å². The number of nitrogens with one attached hydrogen (secondary N) is 2. The molecule has 2 N–H and O–H groups in total. The van der Waals surface area contributed by atoms with Crippen LogP contribution in [-0.2, 0) is 16.0 Å². The second-order valence-corrected chi connectivity index (χ2v) is 7.97. The van der Waals surface area contributed by atoms with Gasteiger partial charge in [-0.2, -0.15) is 0 Å². The SMILES string of the molecule is O=C1C[C@H]([NH+]2CC[NH+](CCc3ccccn3)CC2)C(=O)N1c1ccc(Cl)cc1. The lowest BCUT2D eigenvalue weighted by Crippen LogP contribution is -3.30. The Morgan fingerprint density at radius 3 is 2.46 bits per heavy atom. The lowest BCUT2D eigenvalue weighted by Gasteiger charge is -2.32.